The number of esters is 1. The van der Waals surface area contributed by atoms with Crippen molar-refractivity contribution in [2.24, 2.45) is 50.2 Å². The predicted molar refractivity (Wildman–Crippen MR) is 282 cm³/mol. The molecular formula is C59H97NO18. The second-order valence-corrected chi connectivity index (χ2v) is 26.9. The largest absolute Gasteiger partial charge is 0.432 e. The number of unbranched alkanes of at least 4 members (excludes halogenated alkanes) is 8. The van der Waals surface area contributed by atoms with Gasteiger partial charge in [-0.15, -0.1) is 0 Å². The number of aliphatic hydroxyl groups is 9. The molecule has 0 bridgehead atoms. The first-order chi connectivity index (χ1) is 36.8. The van der Waals surface area contributed by atoms with Crippen molar-refractivity contribution in [3.05, 3.63) is 11.6 Å². The van der Waals surface area contributed by atoms with Crippen LogP contribution < -0.4 is 5.32 Å². The highest BCUT2D eigenvalue weighted by Gasteiger charge is 2.72. The molecule has 24 atom stereocenters. The second-order valence-electron chi connectivity index (χ2n) is 26.9. The van der Waals surface area contributed by atoms with E-state index in [0.29, 0.717) is 32.1 Å². The van der Waals surface area contributed by atoms with Crippen molar-refractivity contribution in [1.29, 1.82) is 0 Å². The van der Waals surface area contributed by atoms with Gasteiger partial charge in [-0.2, -0.15) is 0 Å². The zero-order valence-electron chi connectivity index (χ0n) is 47.7. The van der Waals surface area contributed by atoms with E-state index < -0.39 is 139 Å². The van der Waals surface area contributed by atoms with Gasteiger partial charge in [0.1, 0.15) is 60.5 Å². The van der Waals surface area contributed by atoms with Gasteiger partial charge in [-0.3, -0.25) is 9.59 Å². The van der Waals surface area contributed by atoms with Gasteiger partial charge in [0.2, 0.25) is 12.2 Å². The summed E-state index contributed by atoms with van der Waals surface area (Å²) in [7, 11) is 0. The molecule has 19 nitrogen and oxygen atoms in total. The summed E-state index contributed by atoms with van der Waals surface area (Å²) < 4.78 is 36.5. The fourth-order valence-corrected chi connectivity index (χ4v) is 16.7. The molecule has 3 aliphatic heterocycles. The Morgan fingerprint density at radius 3 is 2.04 bits per heavy atom. The third-order valence-electron chi connectivity index (χ3n) is 21.7. The number of nitrogens with one attached hydrogen (secondary N) is 1. The Morgan fingerprint density at radius 1 is 0.718 bits per heavy atom. The Balaban J connectivity index is 1.06. The molecule has 0 spiro atoms. The van der Waals surface area contributed by atoms with Crippen LogP contribution in [0.1, 0.15) is 177 Å². The van der Waals surface area contributed by atoms with Crippen molar-refractivity contribution in [3.8, 4) is 0 Å². The van der Waals surface area contributed by atoms with Crippen molar-refractivity contribution >= 4 is 18.2 Å². The Labute approximate surface area is 461 Å². The maximum Gasteiger partial charge on any atom is 0.317 e. The standard InChI is InChI=1S/C59H97NO18/c1-9-10-11-12-13-14-15-16-17-18-41(66)60-42-36(29-61)75-52(49(44(42)68)77-51-47(71)45(69)48(32(2)74-51)76-50-46(70)43(67)35(63)30-73-50)78-53(72)59-26-25-54(3,4)27-34(59)33-19-20-38-55(5)23-22-39(64)56(6,31-62)37(55)21-24-57(38,7)58(33,8)28-40(59)65/h19,31-32,34-40,42-52,61,63-65,67-71H,9-18,20-30H2,1-8H3,(H,60,66)/t32-,34?,35-,36?,37?,38?,39+,40-,42+,43?,44?,45?,46?,47?,48+,49?,50+,51+,52+,55?,56-,57?,58-,59-/m1/s1. The normalized spacial score (nSPS) is 48.0. The number of hydrogen-bond acceptors (Lipinski definition) is 18. The number of carbonyl (C=O) groups excluding carboxylic acids is 3. The molecule has 0 aromatic rings. The zero-order valence-corrected chi connectivity index (χ0v) is 47.7. The van der Waals surface area contributed by atoms with E-state index >= 15 is 4.79 Å². The summed E-state index contributed by atoms with van der Waals surface area (Å²) in [5.74, 6) is -1.64. The number of aldehydes is 1. The first-order valence-corrected chi connectivity index (χ1v) is 29.7. The maximum absolute atomic E-state index is 15.7. The molecule has 1 amide bonds. The van der Waals surface area contributed by atoms with Gasteiger partial charge in [-0.25, -0.2) is 0 Å². The van der Waals surface area contributed by atoms with Crippen molar-refractivity contribution in [2.75, 3.05) is 13.2 Å². The van der Waals surface area contributed by atoms with Crippen molar-refractivity contribution < 1.29 is 88.8 Å². The maximum atomic E-state index is 15.7. The van der Waals surface area contributed by atoms with E-state index in [9.17, 15) is 55.5 Å². The van der Waals surface area contributed by atoms with Crippen LogP contribution in [0.5, 0.6) is 0 Å². The smallest absolute Gasteiger partial charge is 0.317 e. The molecule has 19 heteroatoms. The fourth-order valence-electron chi connectivity index (χ4n) is 16.7. The predicted octanol–water partition coefficient (Wildman–Crippen LogP) is 4.00. The zero-order chi connectivity index (χ0) is 56.9. The number of carbonyl (C=O) groups is 3. The highest BCUT2D eigenvalue weighted by Crippen LogP contribution is 2.76. The minimum absolute atomic E-state index is 0.0344. The van der Waals surface area contributed by atoms with Crippen LogP contribution in [-0.2, 0) is 42.8 Å². The minimum atomic E-state index is -1.92. The van der Waals surface area contributed by atoms with Gasteiger partial charge in [0.05, 0.1) is 43.0 Å². The minimum Gasteiger partial charge on any atom is -0.432 e. The SMILES string of the molecule is CCCCCCCCCCCC(=O)N[C@H]1C(CO)O[C@@H](OC(=O)[C@]23CCC(C)(C)CC2C2=CCC4C5(C)CC[C@H](O)[C@](C)(C=O)C5CCC4(C)[C@]2(C)C[C@H]3O)C(O[C@@H]2O[C@H](C)[C@H](O[C@@H]3OC[C@@H](O)C(O)C3O)C(O)C2O)C1O. The molecule has 7 fully saturated rings. The van der Waals surface area contributed by atoms with Crippen LogP contribution in [0.4, 0.5) is 0 Å². The summed E-state index contributed by atoms with van der Waals surface area (Å²) in [5.41, 5.74) is -2.78. The van der Waals surface area contributed by atoms with Crippen molar-refractivity contribution in [3.63, 3.8) is 0 Å². The number of rotatable bonds is 19. The highest BCUT2D eigenvalue weighted by atomic mass is 16.8. The van der Waals surface area contributed by atoms with Crippen molar-refractivity contribution in [2.45, 2.75) is 276 Å². The summed E-state index contributed by atoms with van der Waals surface area (Å²) in [6.07, 6.45) is -5.05. The third-order valence-corrected chi connectivity index (χ3v) is 21.7. The van der Waals surface area contributed by atoms with Crippen LogP contribution in [0.3, 0.4) is 0 Å². The first kappa shape index (κ1) is 61.9. The summed E-state index contributed by atoms with van der Waals surface area (Å²) in [6, 6.07) is -1.32. The molecule has 5 aliphatic carbocycles. The van der Waals surface area contributed by atoms with Gasteiger partial charge >= 0.3 is 5.97 Å². The lowest BCUT2D eigenvalue weighted by molar-refractivity contribution is -0.370. The second kappa shape index (κ2) is 24.2. The molecule has 3 heterocycles. The lowest BCUT2D eigenvalue weighted by Gasteiger charge is -2.71. The first-order valence-electron chi connectivity index (χ1n) is 29.7. The summed E-state index contributed by atoms with van der Waals surface area (Å²) in [6.45, 7) is 15.6. The average Bonchev–Trinajstić information content (AvgIpc) is 3.23. The van der Waals surface area contributed by atoms with E-state index in [1.807, 2.05) is 6.92 Å². The summed E-state index contributed by atoms with van der Waals surface area (Å²) in [4.78, 5) is 42.1. The molecule has 0 radical (unpaired) electrons. The molecule has 12 unspecified atom stereocenters. The van der Waals surface area contributed by atoms with Crippen molar-refractivity contribution in [1.82, 2.24) is 5.32 Å². The summed E-state index contributed by atoms with van der Waals surface area (Å²) >= 11 is 0. The Kier molecular flexibility index (Phi) is 19.2. The number of fused-ring (bicyclic) bond motifs is 7. The molecular weight excluding hydrogens is 1010 g/mol. The fraction of sp³-hybridized carbons (Fsp3) is 0.915. The molecule has 10 N–H and O–H groups in total. The molecule has 446 valence electrons. The molecule has 3 saturated heterocycles. The molecule has 8 aliphatic rings. The molecule has 4 saturated carbocycles. The summed E-state index contributed by atoms with van der Waals surface area (Å²) in [5, 5.41) is 104. The Morgan fingerprint density at radius 2 is 1.37 bits per heavy atom. The van der Waals surface area contributed by atoms with Gasteiger partial charge in [0, 0.05) is 6.42 Å². The number of allylic oxidation sites excluding steroid dienone is 2. The molecule has 78 heavy (non-hydrogen) atoms. The number of hydrogen-bond donors (Lipinski definition) is 10. The van der Waals surface area contributed by atoms with Gasteiger partial charge < -0.3 is 84.5 Å². The van der Waals surface area contributed by atoms with Crippen LogP contribution in [0.2, 0.25) is 0 Å². The van der Waals surface area contributed by atoms with Gasteiger partial charge in [0.25, 0.3) is 0 Å². The Hall–Kier alpha value is -2.21. The quantitative estimate of drug-likeness (QED) is 0.0378. The number of aliphatic hydroxyl groups excluding tert-OH is 9. The number of ether oxygens (including phenoxy) is 6. The molecule has 0 aromatic carbocycles. The average molecular weight is 1110 g/mol. The van der Waals surface area contributed by atoms with Crippen LogP contribution in [-0.4, -0.2) is 175 Å². The monoisotopic (exact) mass is 1110 g/mol. The van der Waals surface area contributed by atoms with Crippen LogP contribution >= 0.6 is 0 Å². The van der Waals surface area contributed by atoms with E-state index in [4.69, 9.17) is 28.4 Å². The van der Waals surface area contributed by atoms with Gasteiger partial charge in [0.15, 0.2) is 18.7 Å². The number of amides is 1. The van der Waals surface area contributed by atoms with Crippen LogP contribution in [0.25, 0.3) is 0 Å². The van der Waals surface area contributed by atoms with Gasteiger partial charge in [-0.05, 0) is 111 Å². The lowest BCUT2D eigenvalue weighted by Crippen LogP contribution is -2.69. The van der Waals surface area contributed by atoms with Crippen LogP contribution in [0, 0.1) is 50.2 Å². The Bertz CT molecular complexity index is 2110. The van der Waals surface area contributed by atoms with E-state index in [0.717, 1.165) is 56.8 Å². The lowest BCUT2D eigenvalue weighted by atomic mass is 9.33. The van der Waals surface area contributed by atoms with E-state index in [2.05, 4.69) is 52.9 Å². The van der Waals surface area contributed by atoms with Crippen LogP contribution in [0.15, 0.2) is 11.6 Å². The highest BCUT2D eigenvalue weighted by molar-refractivity contribution is 5.80. The van der Waals surface area contributed by atoms with E-state index in [1.54, 1.807) is 0 Å². The third kappa shape index (κ3) is 11.1. The topological polar surface area (TPSA) is 301 Å². The van der Waals surface area contributed by atoms with E-state index in [-0.39, 0.29) is 54.0 Å². The molecule has 0 aromatic heterocycles. The molecule has 8 rings (SSSR count). The van der Waals surface area contributed by atoms with Gasteiger partial charge in [-0.1, -0.05) is 111 Å². The van der Waals surface area contributed by atoms with E-state index in [1.165, 1.54) is 32.6 Å².